The van der Waals surface area contributed by atoms with Crippen molar-refractivity contribution in [2.24, 2.45) is 0 Å². The minimum Gasteiger partial charge on any atom is -0.497 e. The number of hydrogen-bond acceptors (Lipinski definition) is 5. The number of fused-ring (bicyclic) bond motifs is 1. The predicted octanol–water partition coefficient (Wildman–Crippen LogP) is 2.34. The molecule has 3 aromatic rings. The molecule has 0 saturated heterocycles. The van der Waals surface area contributed by atoms with E-state index in [4.69, 9.17) is 4.74 Å². The summed E-state index contributed by atoms with van der Waals surface area (Å²) >= 11 is 0. The minimum atomic E-state index is -0.340. The van der Waals surface area contributed by atoms with E-state index in [9.17, 15) is 9.18 Å². The highest BCUT2D eigenvalue weighted by atomic mass is 19.1. The Kier molecular flexibility index (Phi) is 6.57. The van der Waals surface area contributed by atoms with E-state index in [0.29, 0.717) is 12.1 Å². The maximum atomic E-state index is 13.3. The van der Waals surface area contributed by atoms with Gasteiger partial charge in [0, 0.05) is 32.6 Å². The SMILES string of the molecule is COc1ccc(CN2CCc3nnc(CNC(=O)Cc4cccc(F)c4)n3CC2)cc1. The number of amides is 1. The molecular formula is C23H26FN5O2. The van der Waals surface area contributed by atoms with Crippen LogP contribution in [0, 0.1) is 5.82 Å². The normalized spacial score (nSPS) is 14.0. The van der Waals surface area contributed by atoms with Crippen LogP contribution in [0.1, 0.15) is 22.8 Å². The van der Waals surface area contributed by atoms with Crippen molar-refractivity contribution in [2.45, 2.75) is 32.5 Å². The maximum Gasteiger partial charge on any atom is 0.224 e. The smallest absolute Gasteiger partial charge is 0.224 e. The van der Waals surface area contributed by atoms with Gasteiger partial charge in [-0.2, -0.15) is 0 Å². The molecule has 0 atom stereocenters. The average Bonchev–Trinajstić information content (AvgIpc) is 3.05. The zero-order chi connectivity index (χ0) is 21.6. The molecule has 7 nitrogen and oxygen atoms in total. The number of hydrogen-bond donors (Lipinski definition) is 1. The molecule has 2 aromatic carbocycles. The van der Waals surface area contributed by atoms with Crippen LogP contribution >= 0.6 is 0 Å². The topological polar surface area (TPSA) is 72.3 Å². The summed E-state index contributed by atoms with van der Waals surface area (Å²) in [5.74, 6) is 2.03. The van der Waals surface area contributed by atoms with Crippen LogP contribution in [-0.4, -0.2) is 45.8 Å². The van der Waals surface area contributed by atoms with Gasteiger partial charge in [-0.15, -0.1) is 10.2 Å². The number of halogens is 1. The van der Waals surface area contributed by atoms with E-state index in [2.05, 4.69) is 37.1 Å². The lowest BCUT2D eigenvalue weighted by molar-refractivity contribution is -0.120. The third kappa shape index (κ3) is 5.46. The summed E-state index contributed by atoms with van der Waals surface area (Å²) in [5, 5.41) is 11.5. The summed E-state index contributed by atoms with van der Waals surface area (Å²) < 4.78 is 20.6. The summed E-state index contributed by atoms with van der Waals surface area (Å²) in [5.41, 5.74) is 1.88. The highest BCUT2D eigenvalue weighted by Crippen LogP contribution is 2.15. The monoisotopic (exact) mass is 423 g/mol. The van der Waals surface area contributed by atoms with Gasteiger partial charge < -0.3 is 14.6 Å². The molecule has 1 aromatic heterocycles. The number of methoxy groups -OCH3 is 1. The molecule has 4 rings (SSSR count). The summed E-state index contributed by atoms with van der Waals surface area (Å²) in [6, 6.07) is 14.2. The Morgan fingerprint density at radius 2 is 1.94 bits per heavy atom. The van der Waals surface area contributed by atoms with Crippen molar-refractivity contribution in [3.8, 4) is 5.75 Å². The predicted molar refractivity (Wildman–Crippen MR) is 114 cm³/mol. The third-order valence-corrected chi connectivity index (χ3v) is 5.46. The van der Waals surface area contributed by atoms with Crippen LogP contribution in [0.25, 0.3) is 0 Å². The Labute approximate surface area is 180 Å². The van der Waals surface area contributed by atoms with Crippen molar-refractivity contribution in [2.75, 3.05) is 20.2 Å². The summed E-state index contributed by atoms with van der Waals surface area (Å²) in [7, 11) is 1.67. The van der Waals surface area contributed by atoms with Gasteiger partial charge >= 0.3 is 0 Å². The molecule has 1 aliphatic rings. The largest absolute Gasteiger partial charge is 0.497 e. The molecule has 0 spiro atoms. The Hall–Kier alpha value is -3.26. The van der Waals surface area contributed by atoms with Crippen molar-refractivity contribution in [3.63, 3.8) is 0 Å². The first-order valence-electron chi connectivity index (χ1n) is 10.4. The Balaban J connectivity index is 1.31. The molecule has 0 saturated carbocycles. The van der Waals surface area contributed by atoms with Gasteiger partial charge in [0.15, 0.2) is 5.82 Å². The van der Waals surface area contributed by atoms with E-state index < -0.39 is 0 Å². The molecule has 8 heteroatoms. The molecule has 0 radical (unpaired) electrons. The Morgan fingerprint density at radius 3 is 2.71 bits per heavy atom. The van der Waals surface area contributed by atoms with Crippen LogP contribution in [0.2, 0.25) is 0 Å². The van der Waals surface area contributed by atoms with Crippen LogP contribution in [-0.2, 0) is 37.3 Å². The number of nitrogens with one attached hydrogen (secondary N) is 1. The lowest BCUT2D eigenvalue weighted by atomic mass is 10.1. The van der Waals surface area contributed by atoms with Gasteiger partial charge in [-0.3, -0.25) is 9.69 Å². The van der Waals surface area contributed by atoms with E-state index in [1.165, 1.54) is 17.7 Å². The number of aromatic nitrogens is 3. The second kappa shape index (κ2) is 9.70. The molecule has 1 N–H and O–H groups in total. The van der Waals surface area contributed by atoms with E-state index in [1.54, 1.807) is 19.2 Å². The van der Waals surface area contributed by atoms with Crippen molar-refractivity contribution >= 4 is 5.91 Å². The number of carbonyl (C=O) groups is 1. The number of benzene rings is 2. The standard InChI is InChI=1S/C23H26FN5O2/c1-31-20-7-5-17(6-8-20)16-28-10-9-21-26-27-22(29(21)12-11-28)15-25-23(30)14-18-3-2-4-19(24)13-18/h2-8,13H,9-12,14-16H2,1H3,(H,25,30). The zero-order valence-corrected chi connectivity index (χ0v) is 17.6. The van der Waals surface area contributed by atoms with E-state index in [0.717, 1.165) is 50.0 Å². The number of ether oxygens (including phenoxy) is 1. The van der Waals surface area contributed by atoms with Crippen LogP contribution in [0.15, 0.2) is 48.5 Å². The highest BCUT2D eigenvalue weighted by molar-refractivity contribution is 5.78. The van der Waals surface area contributed by atoms with Gasteiger partial charge in [0.2, 0.25) is 5.91 Å². The van der Waals surface area contributed by atoms with E-state index in [-0.39, 0.29) is 18.1 Å². The maximum absolute atomic E-state index is 13.3. The van der Waals surface area contributed by atoms with Crippen LogP contribution in [0.3, 0.4) is 0 Å². The van der Waals surface area contributed by atoms with Crippen molar-refractivity contribution < 1.29 is 13.9 Å². The molecule has 0 fully saturated rings. The van der Waals surface area contributed by atoms with Gasteiger partial charge in [0.05, 0.1) is 20.1 Å². The van der Waals surface area contributed by atoms with Crippen LogP contribution < -0.4 is 10.1 Å². The first-order valence-corrected chi connectivity index (χ1v) is 10.4. The highest BCUT2D eigenvalue weighted by Gasteiger charge is 2.19. The molecule has 1 amide bonds. The van der Waals surface area contributed by atoms with Gasteiger partial charge in [-0.25, -0.2) is 4.39 Å². The van der Waals surface area contributed by atoms with E-state index >= 15 is 0 Å². The van der Waals surface area contributed by atoms with Gasteiger partial charge in [-0.1, -0.05) is 24.3 Å². The summed E-state index contributed by atoms with van der Waals surface area (Å²) in [6.45, 7) is 3.71. The molecule has 162 valence electrons. The summed E-state index contributed by atoms with van der Waals surface area (Å²) in [6.07, 6.45) is 0.939. The second-order valence-electron chi connectivity index (χ2n) is 7.64. The molecule has 0 bridgehead atoms. The molecule has 0 aliphatic carbocycles. The minimum absolute atomic E-state index is 0.133. The second-order valence-corrected chi connectivity index (χ2v) is 7.64. The first kappa shape index (κ1) is 21.0. The average molecular weight is 423 g/mol. The fraction of sp³-hybridized carbons (Fsp3) is 0.348. The summed E-state index contributed by atoms with van der Waals surface area (Å²) in [4.78, 5) is 14.6. The van der Waals surface area contributed by atoms with Gasteiger partial charge in [-0.05, 0) is 35.4 Å². The molecular weight excluding hydrogens is 397 g/mol. The number of rotatable bonds is 7. The van der Waals surface area contributed by atoms with Crippen molar-refractivity contribution in [1.82, 2.24) is 25.0 Å². The Morgan fingerprint density at radius 1 is 1.10 bits per heavy atom. The van der Waals surface area contributed by atoms with Gasteiger partial charge in [0.1, 0.15) is 17.4 Å². The van der Waals surface area contributed by atoms with Crippen LogP contribution in [0.4, 0.5) is 4.39 Å². The lowest BCUT2D eigenvalue weighted by Crippen LogP contribution is -2.28. The number of nitrogens with zero attached hydrogens (tertiary/aromatic N) is 4. The Bertz CT molecular complexity index is 1030. The zero-order valence-electron chi connectivity index (χ0n) is 17.6. The van der Waals surface area contributed by atoms with Crippen LogP contribution in [0.5, 0.6) is 5.75 Å². The molecule has 2 heterocycles. The van der Waals surface area contributed by atoms with Crippen molar-refractivity contribution in [3.05, 3.63) is 77.1 Å². The first-order chi connectivity index (χ1) is 15.1. The van der Waals surface area contributed by atoms with Gasteiger partial charge in [0.25, 0.3) is 0 Å². The van der Waals surface area contributed by atoms with E-state index in [1.807, 2.05) is 12.1 Å². The fourth-order valence-electron chi connectivity index (χ4n) is 3.78. The quantitative estimate of drug-likeness (QED) is 0.632. The lowest BCUT2D eigenvalue weighted by Gasteiger charge is -2.19. The fourth-order valence-corrected chi connectivity index (χ4v) is 3.78. The number of carbonyl (C=O) groups excluding carboxylic acids is 1. The van der Waals surface area contributed by atoms with Crippen molar-refractivity contribution in [1.29, 1.82) is 0 Å². The molecule has 31 heavy (non-hydrogen) atoms. The third-order valence-electron chi connectivity index (χ3n) is 5.46. The molecule has 1 aliphatic heterocycles. The molecule has 0 unspecified atom stereocenters.